The van der Waals surface area contributed by atoms with E-state index < -0.39 is 0 Å². The maximum Gasteiger partial charge on any atom is 0.119 e. The molecule has 25 heavy (non-hydrogen) atoms. The van der Waals surface area contributed by atoms with E-state index >= 15 is 0 Å². The quantitative estimate of drug-likeness (QED) is 0.435. The Hall–Kier alpha value is -3.26. The highest BCUT2D eigenvalue weighted by atomic mass is 16.5. The van der Waals surface area contributed by atoms with E-state index in [0.29, 0.717) is 0 Å². The van der Waals surface area contributed by atoms with Crippen LogP contribution in [-0.2, 0) is 0 Å². The summed E-state index contributed by atoms with van der Waals surface area (Å²) in [6, 6.07) is 33.6. The van der Waals surface area contributed by atoms with Gasteiger partial charge in [-0.05, 0) is 59.3 Å². The molecule has 0 amide bonds. The van der Waals surface area contributed by atoms with E-state index in [0.717, 1.165) is 22.8 Å². The zero-order valence-electron chi connectivity index (χ0n) is 14.1. The van der Waals surface area contributed by atoms with Crippen LogP contribution in [0.4, 0.5) is 17.1 Å². The molecular weight excluding hydrogens is 306 g/mol. The van der Waals surface area contributed by atoms with Crippen molar-refractivity contribution in [1.29, 1.82) is 0 Å². The van der Waals surface area contributed by atoms with Crippen LogP contribution >= 0.6 is 0 Å². The molecule has 0 bridgehead atoms. The van der Waals surface area contributed by atoms with Gasteiger partial charge < -0.3 is 9.64 Å². The monoisotopic (exact) mass is 325 g/mol. The van der Waals surface area contributed by atoms with E-state index in [-0.39, 0.29) is 0 Å². The first-order valence-corrected chi connectivity index (χ1v) is 8.33. The van der Waals surface area contributed by atoms with Gasteiger partial charge in [-0.2, -0.15) is 0 Å². The van der Waals surface area contributed by atoms with Crippen molar-refractivity contribution in [1.82, 2.24) is 0 Å². The van der Waals surface area contributed by atoms with Gasteiger partial charge in [-0.15, -0.1) is 0 Å². The fourth-order valence-electron chi connectivity index (χ4n) is 3.07. The van der Waals surface area contributed by atoms with E-state index in [9.17, 15) is 0 Å². The molecule has 0 heterocycles. The molecule has 2 heteroatoms. The average Bonchev–Trinajstić information content (AvgIpc) is 2.69. The summed E-state index contributed by atoms with van der Waals surface area (Å²) < 4.78 is 5.30. The van der Waals surface area contributed by atoms with Gasteiger partial charge in [-0.25, -0.2) is 0 Å². The summed E-state index contributed by atoms with van der Waals surface area (Å²) in [6.45, 7) is 0. The lowest BCUT2D eigenvalue weighted by Gasteiger charge is -2.26. The van der Waals surface area contributed by atoms with Crippen molar-refractivity contribution < 1.29 is 4.74 Å². The minimum absolute atomic E-state index is 0.857. The molecule has 0 radical (unpaired) electrons. The lowest BCUT2D eigenvalue weighted by molar-refractivity contribution is 0.415. The molecule has 0 spiro atoms. The van der Waals surface area contributed by atoms with E-state index in [1.807, 2.05) is 18.2 Å². The second-order valence-corrected chi connectivity index (χ2v) is 5.90. The lowest BCUT2D eigenvalue weighted by atomic mass is 10.1. The number of methoxy groups -OCH3 is 1. The van der Waals surface area contributed by atoms with E-state index in [1.54, 1.807) is 7.11 Å². The molecule has 0 aliphatic carbocycles. The third-order valence-electron chi connectivity index (χ3n) is 4.34. The second-order valence-electron chi connectivity index (χ2n) is 5.90. The van der Waals surface area contributed by atoms with Gasteiger partial charge in [-0.3, -0.25) is 0 Å². The normalized spacial score (nSPS) is 10.6. The van der Waals surface area contributed by atoms with E-state index in [1.165, 1.54) is 10.8 Å². The van der Waals surface area contributed by atoms with E-state index in [4.69, 9.17) is 4.74 Å². The highest BCUT2D eigenvalue weighted by molar-refractivity contribution is 5.89. The van der Waals surface area contributed by atoms with Crippen LogP contribution in [0.25, 0.3) is 10.8 Å². The molecule has 0 atom stereocenters. The Morgan fingerprint density at radius 2 is 1.16 bits per heavy atom. The SMILES string of the molecule is COc1ccc(N(c2ccccc2)c2ccc3ccccc3c2)cc1. The molecule has 0 fully saturated rings. The van der Waals surface area contributed by atoms with Crippen LogP contribution < -0.4 is 9.64 Å². The molecule has 0 aliphatic heterocycles. The minimum atomic E-state index is 0.857. The summed E-state index contributed by atoms with van der Waals surface area (Å²) in [4.78, 5) is 2.26. The number of anilines is 3. The molecule has 0 N–H and O–H groups in total. The third-order valence-corrected chi connectivity index (χ3v) is 4.34. The number of hydrogen-bond donors (Lipinski definition) is 0. The van der Waals surface area contributed by atoms with Crippen LogP contribution in [0.3, 0.4) is 0 Å². The summed E-state index contributed by atoms with van der Waals surface area (Å²) in [6.07, 6.45) is 0. The molecule has 2 nitrogen and oxygen atoms in total. The van der Waals surface area contributed by atoms with Crippen LogP contribution in [0.5, 0.6) is 5.75 Å². The molecule has 4 rings (SSSR count). The smallest absolute Gasteiger partial charge is 0.119 e. The number of rotatable bonds is 4. The van der Waals surface area contributed by atoms with Crippen LogP contribution in [0.15, 0.2) is 97.1 Å². The Balaban J connectivity index is 1.86. The summed E-state index contributed by atoms with van der Waals surface area (Å²) in [5.74, 6) is 0.857. The third kappa shape index (κ3) is 3.07. The van der Waals surface area contributed by atoms with Crippen molar-refractivity contribution in [2.24, 2.45) is 0 Å². The fraction of sp³-hybridized carbons (Fsp3) is 0.0435. The largest absolute Gasteiger partial charge is 0.497 e. The zero-order valence-corrected chi connectivity index (χ0v) is 14.1. The molecular formula is C23H19NO. The van der Waals surface area contributed by atoms with Crippen molar-refractivity contribution in [2.45, 2.75) is 0 Å². The van der Waals surface area contributed by atoms with Gasteiger partial charge in [0, 0.05) is 17.1 Å². The summed E-state index contributed by atoms with van der Waals surface area (Å²) in [5.41, 5.74) is 3.36. The Morgan fingerprint density at radius 3 is 1.88 bits per heavy atom. The molecule has 4 aromatic rings. The first-order valence-electron chi connectivity index (χ1n) is 8.33. The predicted octanol–water partition coefficient (Wildman–Crippen LogP) is 6.32. The summed E-state index contributed by atoms with van der Waals surface area (Å²) in [7, 11) is 1.69. The van der Waals surface area contributed by atoms with Gasteiger partial charge in [0.05, 0.1) is 7.11 Å². The zero-order chi connectivity index (χ0) is 17.1. The van der Waals surface area contributed by atoms with Gasteiger partial charge in [0.15, 0.2) is 0 Å². The minimum Gasteiger partial charge on any atom is -0.497 e. The predicted molar refractivity (Wildman–Crippen MR) is 105 cm³/mol. The van der Waals surface area contributed by atoms with Crippen LogP contribution in [0, 0.1) is 0 Å². The van der Waals surface area contributed by atoms with E-state index in [2.05, 4.69) is 83.8 Å². The Bertz CT molecular complexity index is 978. The number of fused-ring (bicyclic) bond motifs is 1. The van der Waals surface area contributed by atoms with Gasteiger partial charge in [-0.1, -0.05) is 48.5 Å². The Morgan fingerprint density at radius 1 is 0.560 bits per heavy atom. The average molecular weight is 325 g/mol. The number of hydrogen-bond acceptors (Lipinski definition) is 2. The molecule has 4 aromatic carbocycles. The van der Waals surface area contributed by atoms with Crippen molar-refractivity contribution in [3.05, 3.63) is 97.1 Å². The maximum absolute atomic E-state index is 5.30. The van der Waals surface area contributed by atoms with Gasteiger partial charge >= 0.3 is 0 Å². The van der Waals surface area contributed by atoms with Crippen molar-refractivity contribution >= 4 is 27.8 Å². The van der Waals surface area contributed by atoms with Crippen molar-refractivity contribution in [3.63, 3.8) is 0 Å². The second kappa shape index (κ2) is 6.70. The topological polar surface area (TPSA) is 12.5 Å². The van der Waals surface area contributed by atoms with Gasteiger partial charge in [0.25, 0.3) is 0 Å². The number of benzene rings is 4. The number of nitrogens with zero attached hydrogens (tertiary/aromatic N) is 1. The summed E-state index contributed by atoms with van der Waals surface area (Å²) >= 11 is 0. The van der Waals surface area contributed by atoms with Crippen LogP contribution in [0.1, 0.15) is 0 Å². The molecule has 0 saturated carbocycles. The van der Waals surface area contributed by atoms with Crippen LogP contribution in [-0.4, -0.2) is 7.11 Å². The van der Waals surface area contributed by atoms with Crippen LogP contribution in [0.2, 0.25) is 0 Å². The maximum atomic E-state index is 5.30. The van der Waals surface area contributed by atoms with Gasteiger partial charge in [0.1, 0.15) is 5.75 Å². The first kappa shape index (κ1) is 15.3. The lowest BCUT2D eigenvalue weighted by Crippen LogP contribution is -2.09. The molecule has 0 saturated heterocycles. The summed E-state index contributed by atoms with van der Waals surface area (Å²) in [5, 5.41) is 2.48. The van der Waals surface area contributed by atoms with Crippen molar-refractivity contribution in [3.8, 4) is 5.75 Å². The standard InChI is InChI=1S/C23H19NO/c1-25-23-15-13-21(14-16-23)24(20-9-3-2-4-10-20)22-12-11-18-7-5-6-8-19(18)17-22/h2-17H,1H3. The first-order chi connectivity index (χ1) is 12.3. The Labute approximate surface area is 147 Å². The highest BCUT2D eigenvalue weighted by Gasteiger charge is 2.12. The molecule has 0 aromatic heterocycles. The molecule has 122 valence electrons. The van der Waals surface area contributed by atoms with Gasteiger partial charge in [0.2, 0.25) is 0 Å². The molecule has 0 unspecified atom stereocenters. The Kier molecular flexibility index (Phi) is 4.09. The fourth-order valence-corrected chi connectivity index (χ4v) is 3.07. The number of ether oxygens (including phenoxy) is 1. The number of para-hydroxylation sites is 1. The molecule has 0 aliphatic rings. The van der Waals surface area contributed by atoms with Crippen molar-refractivity contribution in [2.75, 3.05) is 12.0 Å². The highest BCUT2D eigenvalue weighted by Crippen LogP contribution is 2.36.